The molecule has 5 heteroatoms. The predicted octanol–water partition coefficient (Wildman–Crippen LogP) is 4.04. The minimum Gasteiger partial charge on any atom is -0.338 e. The number of carbonyl (C=O) groups is 1. The molecule has 1 amide bonds. The maximum atomic E-state index is 12.6. The first-order valence-electron chi connectivity index (χ1n) is 7.26. The molecule has 2 aliphatic rings. The first-order valence-corrected chi connectivity index (χ1v) is 8.01. The summed E-state index contributed by atoms with van der Waals surface area (Å²) in [6.07, 6.45) is 6.37. The average molecular weight is 313 g/mol. The third-order valence-electron chi connectivity index (χ3n) is 4.59. The molecule has 1 saturated carbocycles. The number of carbonyl (C=O) groups excluding carboxylic acids is 1. The van der Waals surface area contributed by atoms with Crippen LogP contribution >= 0.6 is 23.2 Å². The molecule has 3 rings (SSSR count). The number of pyridine rings is 1. The van der Waals surface area contributed by atoms with E-state index in [1.807, 2.05) is 4.90 Å². The number of fused-ring (bicyclic) bond motifs is 1. The van der Waals surface area contributed by atoms with Gasteiger partial charge in [-0.2, -0.15) is 0 Å². The van der Waals surface area contributed by atoms with Gasteiger partial charge in [0, 0.05) is 18.7 Å². The summed E-state index contributed by atoms with van der Waals surface area (Å²) in [5, 5.41) is 0.543. The standard InChI is InChI=1S/C15H18Cl2N2O/c16-13-7-12(8-14(17)18-13)15(20)19-6-5-10-3-1-2-4-11(10)9-19/h7-8,10-11H,1-6,9H2. The summed E-state index contributed by atoms with van der Waals surface area (Å²) in [7, 11) is 0. The molecule has 108 valence electrons. The van der Waals surface area contributed by atoms with Gasteiger partial charge < -0.3 is 4.90 Å². The molecule has 0 bridgehead atoms. The van der Waals surface area contributed by atoms with Crippen molar-refractivity contribution in [3.8, 4) is 0 Å². The van der Waals surface area contributed by atoms with Crippen molar-refractivity contribution in [2.24, 2.45) is 11.8 Å². The van der Waals surface area contributed by atoms with Gasteiger partial charge in [-0.15, -0.1) is 0 Å². The molecule has 2 fully saturated rings. The molecule has 2 heterocycles. The highest BCUT2D eigenvalue weighted by Crippen LogP contribution is 2.36. The van der Waals surface area contributed by atoms with Gasteiger partial charge in [-0.05, 0) is 36.8 Å². The van der Waals surface area contributed by atoms with E-state index in [4.69, 9.17) is 23.2 Å². The predicted molar refractivity (Wildman–Crippen MR) is 80.2 cm³/mol. The van der Waals surface area contributed by atoms with E-state index in [-0.39, 0.29) is 16.2 Å². The van der Waals surface area contributed by atoms with Crippen LogP contribution in [0.25, 0.3) is 0 Å². The Morgan fingerprint density at radius 1 is 1.10 bits per heavy atom. The van der Waals surface area contributed by atoms with E-state index in [9.17, 15) is 4.79 Å². The number of aromatic nitrogens is 1. The van der Waals surface area contributed by atoms with E-state index in [1.54, 1.807) is 12.1 Å². The van der Waals surface area contributed by atoms with Crippen LogP contribution in [0.15, 0.2) is 12.1 Å². The summed E-state index contributed by atoms with van der Waals surface area (Å²) in [6, 6.07) is 3.20. The van der Waals surface area contributed by atoms with Gasteiger partial charge in [0.1, 0.15) is 10.3 Å². The average Bonchev–Trinajstić information content (AvgIpc) is 2.45. The van der Waals surface area contributed by atoms with E-state index in [0.29, 0.717) is 11.5 Å². The fourth-order valence-electron chi connectivity index (χ4n) is 3.56. The van der Waals surface area contributed by atoms with Gasteiger partial charge in [0.15, 0.2) is 0 Å². The molecule has 1 aliphatic carbocycles. The molecule has 0 aromatic carbocycles. The van der Waals surface area contributed by atoms with Crippen LogP contribution in [-0.4, -0.2) is 28.9 Å². The quantitative estimate of drug-likeness (QED) is 0.733. The van der Waals surface area contributed by atoms with E-state index < -0.39 is 0 Å². The maximum absolute atomic E-state index is 12.6. The molecule has 0 N–H and O–H groups in total. The Balaban J connectivity index is 1.74. The SMILES string of the molecule is O=C(c1cc(Cl)nc(Cl)c1)N1CCC2CCCCC2C1. The lowest BCUT2D eigenvalue weighted by molar-refractivity contribution is 0.0521. The molecule has 3 nitrogen and oxygen atoms in total. The lowest BCUT2D eigenvalue weighted by Crippen LogP contribution is -2.44. The Kier molecular flexibility index (Phi) is 4.18. The molecule has 2 atom stereocenters. The molecular weight excluding hydrogens is 295 g/mol. The maximum Gasteiger partial charge on any atom is 0.254 e. The van der Waals surface area contributed by atoms with Gasteiger partial charge in [0.2, 0.25) is 0 Å². The van der Waals surface area contributed by atoms with Gasteiger partial charge in [-0.1, -0.05) is 42.5 Å². The first kappa shape index (κ1) is 14.2. The van der Waals surface area contributed by atoms with Crippen molar-refractivity contribution in [3.63, 3.8) is 0 Å². The van der Waals surface area contributed by atoms with Crippen LogP contribution < -0.4 is 0 Å². The molecule has 20 heavy (non-hydrogen) atoms. The topological polar surface area (TPSA) is 33.2 Å². The van der Waals surface area contributed by atoms with Gasteiger partial charge in [-0.25, -0.2) is 4.98 Å². The number of piperidine rings is 1. The lowest BCUT2D eigenvalue weighted by Gasteiger charge is -2.41. The smallest absolute Gasteiger partial charge is 0.254 e. The number of amides is 1. The number of hydrogen-bond donors (Lipinski definition) is 0. The van der Waals surface area contributed by atoms with Crippen molar-refractivity contribution in [2.45, 2.75) is 32.1 Å². The van der Waals surface area contributed by atoms with Crippen LogP contribution in [0.5, 0.6) is 0 Å². The molecule has 1 saturated heterocycles. The molecular formula is C15H18Cl2N2O. The van der Waals surface area contributed by atoms with Gasteiger partial charge >= 0.3 is 0 Å². The number of halogens is 2. The highest BCUT2D eigenvalue weighted by atomic mass is 35.5. The van der Waals surface area contributed by atoms with Gasteiger partial charge in [0.05, 0.1) is 0 Å². The Labute approximate surface area is 129 Å². The van der Waals surface area contributed by atoms with E-state index in [0.717, 1.165) is 25.4 Å². The third kappa shape index (κ3) is 2.94. The van der Waals surface area contributed by atoms with E-state index in [1.165, 1.54) is 25.7 Å². The number of nitrogens with zero attached hydrogens (tertiary/aromatic N) is 2. The fraction of sp³-hybridized carbons (Fsp3) is 0.600. The first-order chi connectivity index (χ1) is 9.63. The second-order valence-electron chi connectivity index (χ2n) is 5.85. The van der Waals surface area contributed by atoms with Gasteiger partial charge in [0.25, 0.3) is 5.91 Å². The molecule has 0 radical (unpaired) electrons. The van der Waals surface area contributed by atoms with Crippen molar-refractivity contribution in [3.05, 3.63) is 28.0 Å². The van der Waals surface area contributed by atoms with Gasteiger partial charge in [-0.3, -0.25) is 4.79 Å². The summed E-state index contributed by atoms with van der Waals surface area (Å²) in [5.74, 6) is 1.52. The summed E-state index contributed by atoms with van der Waals surface area (Å²) in [6.45, 7) is 1.72. The number of rotatable bonds is 1. The molecule has 1 aromatic rings. The van der Waals surface area contributed by atoms with E-state index >= 15 is 0 Å². The molecule has 1 aromatic heterocycles. The third-order valence-corrected chi connectivity index (χ3v) is 4.98. The van der Waals surface area contributed by atoms with Crippen molar-refractivity contribution >= 4 is 29.1 Å². The Hall–Kier alpha value is -0.800. The minimum atomic E-state index is 0.0280. The van der Waals surface area contributed by atoms with Crippen molar-refractivity contribution in [1.82, 2.24) is 9.88 Å². The Bertz CT molecular complexity index is 500. The summed E-state index contributed by atoms with van der Waals surface area (Å²) < 4.78 is 0. The van der Waals surface area contributed by atoms with Crippen LogP contribution in [0.3, 0.4) is 0 Å². The van der Waals surface area contributed by atoms with Crippen LogP contribution in [0, 0.1) is 11.8 Å². The summed E-state index contributed by atoms with van der Waals surface area (Å²) >= 11 is 11.8. The molecule has 2 unspecified atom stereocenters. The summed E-state index contributed by atoms with van der Waals surface area (Å²) in [4.78, 5) is 18.4. The molecule has 0 spiro atoms. The van der Waals surface area contributed by atoms with Crippen molar-refractivity contribution in [1.29, 1.82) is 0 Å². The fourth-order valence-corrected chi connectivity index (χ4v) is 4.02. The Morgan fingerprint density at radius 2 is 1.75 bits per heavy atom. The zero-order chi connectivity index (χ0) is 14.1. The van der Waals surface area contributed by atoms with Crippen molar-refractivity contribution in [2.75, 3.05) is 13.1 Å². The van der Waals surface area contributed by atoms with Crippen LogP contribution in [0.4, 0.5) is 0 Å². The zero-order valence-corrected chi connectivity index (χ0v) is 12.8. The Morgan fingerprint density at radius 3 is 2.45 bits per heavy atom. The highest BCUT2D eigenvalue weighted by Gasteiger charge is 2.33. The lowest BCUT2D eigenvalue weighted by atomic mass is 9.75. The minimum absolute atomic E-state index is 0.0280. The second kappa shape index (κ2) is 5.90. The monoisotopic (exact) mass is 312 g/mol. The second-order valence-corrected chi connectivity index (χ2v) is 6.62. The largest absolute Gasteiger partial charge is 0.338 e. The van der Waals surface area contributed by atoms with E-state index in [2.05, 4.69) is 4.98 Å². The normalized spacial score (nSPS) is 26.2. The van der Waals surface area contributed by atoms with Crippen molar-refractivity contribution < 1.29 is 4.79 Å². The van der Waals surface area contributed by atoms with Crippen LogP contribution in [0.1, 0.15) is 42.5 Å². The zero-order valence-electron chi connectivity index (χ0n) is 11.3. The summed E-state index contributed by atoms with van der Waals surface area (Å²) in [5.41, 5.74) is 0.546. The highest BCUT2D eigenvalue weighted by molar-refractivity contribution is 6.33. The molecule has 1 aliphatic heterocycles. The van der Waals surface area contributed by atoms with Crippen LogP contribution in [0.2, 0.25) is 10.3 Å². The number of hydrogen-bond acceptors (Lipinski definition) is 2. The van der Waals surface area contributed by atoms with Crippen LogP contribution in [-0.2, 0) is 0 Å². The number of likely N-dealkylation sites (tertiary alicyclic amines) is 1.